The Kier molecular flexibility index (Phi) is 7.20. The van der Waals surface area contributed by atoms with Gasteiger partial charge in [0.1, 0.15) is 5.75 Å². The second-order valence-corrected chi connectivity index (χ2v) is 5.96. The van der Waals surface area contributed by atoms with Crippen molar-refractivity contribution >= 4 is 17.5 Å². The van der Waals surface area contributed by atoms with Crippen LogP contribution in [0.3, 0.4) is 0 Å². The molecule has 0 aliphatic rings. The molecule has 0 saturated carbocycles. The van der Waals surface area contributed by atoms with Crippen LogP contribution in [-0.4, -0.2) is 22.5 Å². The Morgan fingerprint density at radius 1 is 1.45 bits per heavy atom. The van der Waals surface area contributed by atoms with E-state index >= 15 is 0 Å². The summed E-state index contributed by atoms with van der Waals surface area (Å²) in [5.41, 5.74) is -0.588. The number of rotatable bonds is 6. The molecule has 0 aliphatic carbocycles. The predicted molar refractivity (Wildman–Crippen MR) is 88.9 cm³/mol. The van der Waals surface area contributed by atoms with Crippen LogP contribution in [0.2, 0.25) is 5.02 Å². The molecule has 0 radical (unpaired) electrons. The highest BCUT2D eigenvalue weighted by Crippen LogP contribution is 2.17. The molecule has 0 saturated heterocycles. The first kappa shape index (κ1) is 18.3. The maximum absolute atomic E-state index is 12.4. The highest BCUT2D eigenvalue weighted by Gasteiger charge is 2.24. The zero-order valence-corrected chi connectivity index (χ0v) is 14.3. The van der Waals surface area contributed by atoms with E-state index in [0.717, 1.165) is 12.8 Å². The zero-order chi connectivity index (χ0) is 16.6. The van der Waals surface area contributed by atoms with Crippen molar-refractivity contribution in [2.24, 2.45) is 0 Å². The van der Waals surface area contributed by atoms with Gasteiger partial charge in [0, 0.05) is 18.7 Å². The topological polar surface area (TPSA) is 51.2 Å². The van der Waals surface area contributed by atoms with Gasteiger partial charge in [-0.3, -0.25) is 9.78 Å². The van der Waals surface area contributed by atoms with Crippen LogP contribution in [0.4, 0.5) is 0 Å². The second kappa shape index (κ2) is 8.65. The van der Waals surface area contributed by atoms with Gasteiger partial charge < -0.3 is 10.1 Å². The molecule has 120 valence electrons. The normalized spacial score (nSPS) is 12.0. The van der Waals surface area contributed by atoms with Crippen molar-refractivity contribution in [2.75, 3.05) is 0 Å². The lowest BCUT2D eigenvalue weighted by Gasteiger charge is -2.24. The molecule has 1 atom stereocenters. The Balaban J connectivity index is 2.70. The lowest BCUT2D eigenvalue weighted by atomic mass is 10.1. The van der Waals surface area contributed by atoms with Gasteiger partial charge in [-0.25, -0.2) is 0 Å². The number of pyridine rings is 1. The number of ether oxygens (including phenoxy) is 1. The summed E-state index contributed by atoms with van der Waals surface area (Å²) in [4.78, 5) is 16.3. The van der Waals surface area contributed by atoms with E-state index in [2.05, 4.69) is 29.1 Å². The SMILES string of the molecule is CCCC#CC(C)(C)NC(=O)C(CC)Oc1cncc(Cl)c1. The molecule has 0 aliphatic heterocycles. The Labute approximate surface area is 137 Å². The van der Waals surface area contributed by atoms with Gasteiger partial charge in [-0.05, 0) is 26.7 Å². The van der Waals surface area contributed by atoms with Gasteiger partial charge >= 0.3 is 0 Å². The van der Waals surface area contributed by atoms with Crippen LogP contribution in [0.1, 0.15) is 47.0 Å². The molecule has 22 heavy (non-hydrogen) atoms. The molecule has 1 N–H and O–H groups in total. The minimum absolute atomic E-state index is 0.196. The summed E-state index contributed by atoms with van der Waals surface area (Å²) < 4.78 is 5.67. The summed E-state index contributed by atoms with van der Waals surface area (Å²) in [5.74, 6) is 6.41. The molecule has 5 heteroatoms. The highest BCUT2D eigenvalue weighted by atomic mass is 35.5. The Hall–Kier alpha value is -1.73. The number of carbonyl (C=O) groups is 1. The summed E-state index contributed by atoms with van der Waals surface area (Å²) in [7, 11) is 0. The summed E-state index contributed by atoms with van der Waals surface area (Å²) in [6.07, 6.45) is 4.81. The Morgan fingerprint density at radius 2 is 2.18 bits per heavy atom. The van der Waals surface area contributed by atoms with Crippen molar-refractivity contribution in [3.63, 3.8) is 0 Å². The molecule has 1 rings (SSSR count). The Bertz CT molecular complexity index is 561. The average Bonchev–Trinajstić information content (AvgIpc) is 2.44. The fraction of sp³-hybridized carbons (Fsp3) is 0.529. The number of hydrogen-bond acceptors (Lipinski definition) is 3. The number of unbranched alkanes of at least 4 members (excludes halogenated alkanes) is 1. The minimum atomic E-state index is -0.604. The third-order valence-corrected chi connectivity index (χ3v) is 3.04. The molecule has 1 unspecified atom stereocenters. The van der Waals surface area contributed by atoms with Crippen molar-refractivity contribution in [1.29, 1.82) is 0 Å². The molecule has 1 aromatic rings. The summed E-state index contributed by atoms with van der Waals surface area (Å²) >= 11 is 5.87. The van der Waals surface area contributed by atoms with Crippen LogP contribution >= 0.6 is 11.6 Å². The molecule has 0 spiro atoms. The highest BCUT2D eigenvalue weighted by molar-refractivity contribution is 6.30. The number of hydrogen-bond donors (Lipinski definition) is 1. The van der Waals surface area contributed by atoms with Crippen molar-refractivity contribution in [3.8, 4) is 17.6 Å². The number of nitrogens with zero attached hydrogens (tertiary/aromatic N) is 1. The van der Waals surface area contributed by atoms with E-state index in [1.165, 1.54) is 12.4 Å². The number of amides is 1. The first-order valence-electron chi connectivity index (χ1n) is 7.47. The number of carbonyl (C=O) groups excluding carboxylic acids is 1. The van der Waals surface area contributed by atoms with Crippen molar-refractivity contribution in [2.45, 2.75) is 58.6 Å². The molecule has 0 aromatic carbocycles. The quantitative estimate of drug-likeness (QED) is 0.814. The van der Waals surface area contributed by atoms with Crippen LogP contribution in [0, 0.1) is 11.8 Å². The van der Waals surface area contributed by atoms with Gasteiger partial charge in [0.05, 0.1) is 16.8 Å². The van der Waals surface area contributed by atoms with Gasteiger partial charge in [-0.1, -0.05) is 31.4 Å². The predicted octanol–water partition coefficient (Wildman–Crippen LogP) is 3.59. The second-order valence-electron chi connectivity index (χ2n) is 5.52. The smallest absolute Gasteiger partial charge is 0.262 e. The zero-order valence-electron chi connectivity index (χ0n) is 13.6. The number of aromatic nitrogens is 1. The molecule has 1 heterocycles. The summed E-state index contributed by atoms with van der Waals surface area (Å²) in [5, 5.41) is 3.38. The Morgan fingerprint density at radius 3 is 2.77 bits per heavy atom. The third kappa shape index (κ3) is 6.36. The maximum atomic E-state index is 12.4. The van der Waals surface area contributed by atoms with Crippen LogP contribution < -0.4 is 10.1 Å². The van der Waals surface area contributed by atoms with Crippen LogP contribution in [0.15, 0.2) is 18.5 Å². The maximum Gasteiger partial charge on any atom is 0.262 e. The first-order chi connectivity index (χ1) is 10.4. The van der Waals surface area contributed by atoms with E-state index in [4.69, 9.17) is 16.3 Å². The molecular formula is C17H23ClN2O2. The average molecular weight is 323 g/mol. The van der Waals surface area contributed by atoms with Gasteiger partial charge in [0.25, 0.3) is 5.91 Å². The van der Waals surface area contributed by atoms with Gasteiger partial charge in [-0.2, -0.15) is 0 Å². The standard InChI is InChI=1S/C17H23ClN2O2/c1-5-7-8-9-17(3,4)20-16(21)15(6-2)22-14-10-13(18)11-19-12-14/h10-12,15H,5-7H2,1-4H3,(H,20,21). The van der Waals surface area contributed by atoms with E-state index in [-0.39, 0.29) is 5.91 Å². The molecular weight excluding hydrogens is 300 g/mol. The number of halogens is 1. The van der Waals surface area contributed by atoms with Gasteiger partial charge in [-0.15, -0.1) is 5.92 Å². The van der Waals surface area contributed by atoms with E-state index in [1.807, 2.05) is 20.8 Å². The fourth-order valence-corrected chi connectivity index (χ4v) is 1.94. The first-order valence-corrected chi connectivity index (χ1v) is 7.85. The van der Waals surface area contributed by atoms with Crippen LogP contribution in [0.25, 0.3) is 0 Å². The van der Waals surface area contributed by atoms with Crippen molar-refractivity contribution in [1.82, 2.24) is 10.3 Å². The largest absolute Gasteiger partial charge is 0.479 e. The van der Waals surface area contributed by atoms with E-state index in [0.29, 0.717) is 17.2 Å². The van der Waals surface area contributed by atoms with E-state index in [1.54, 1.807) is 6.07 Å². The summed E-state index contributed by atoms with van der Waals surface area (Å²) in [6, 6.07) is 1.64. The van der Waals surface area contributed by atoms with Crippen LogP contribution in [0.5, 0.6) is 5.75 Å². The molecule has 0 bridgehead atoms. The lowest BCUT2D eigenvalue weighted by Crippen LogP contribution is -2.48. The summed E-state index contributed by atoms with van der Waals surface area (Å²) in [6.45, 7) is 7.71. The van der Waals surface area contributed by atoms with Crippen molar-refractivity contribution < 1.29 is 9.53 Å². The molecule has 1 aromatic heterocycles. The monoisotopic (exact) mass is 322 g/mol. The molecule has 1 amide bonds. The van der Waals surface area contributed by atoms with Crippen molar-refractivity contribution in [3.05, 3.63) is 23.5 Å². The van der Waals surface area contributed by atoms with E-state index < -0.39 is 11.6 Å². The minimum Gasteiger partial charge on any atom is -0.479 e. The van der Waals surface area contributed by atoms with Gasteiger partial charge in [0.15, 0.2) is 6.10 Å². The molecule has 0 fully saturated rings. The van der Waals surface area contributed by atoms with Crippen LogP contribution in [-0.2, 0) is 4.79 Å². The lowest BCUT2D eigenvalue weighted by molar-refractivity contribution is -0.129. The number of nitrogens with one attached hydrogen (secondary N) is 1. The fourth-order valence-electron chi connectivity index (χ4n) is 1.77. The third-order valence-electron chi connectivity index (χ3n) is 2.83. The van der Waals surface area contributed by atoms with E-state index in [9.17, 15) is 4.79 Å². The van der Waals surface area contributed by atoms with Gasteiger partial charge in [0.2, 0.25) is 0 Å². The molecule has 4 nitrogen and oxygen atoms in total.